The van der Waals surface area contributed by atoms with Gasteiger partial charge in [-0.05, 0) is 43.9 Å². The largest absolute Gasteiger partial charge is 0.352 e. The minimum Gasteiger partial charge on any atom is -0.352 e. The van der Waals surface area contributed by atoms with E-state index >= 15 is 0 Å². The summed E-state index contributed by atoms with van der Waals surface area (Å²) in [6.07, 6.45) is 2.55. The molecule has 140 valence electrons. The number of benzene rings is 1. The van der Waals surface area contributed by atoms with E-state index in [-0.39, 0.29) is 17.9 Å². The standard InChI is InChI=1S/C19H28Cl2N2O2/c1-5-8-18(24)23(12-14-9-10-15(20)16(21)11-14)17(7-3)19(25)22-13(4)6-2/h9-11,13,17H,5-8,12H2,1-4H3,(H,22,25)/t13-,17-/m0/s1. The molecule has 0 spiro atoms. The van der Waals surface area contributed by atoms with Crippen LogP contribution >= 0.6 is 23.2 Å². The highest BCUT2D eigenvalue weighted by Gasteiger charge is 2.28. The highest BCUT2D eigenvalue weighted by molar-refractivity contribution is 6.42. The van der Waals surface area contributed by atoms with Gasteiger partial charge in [0.2, 0.25) is 11.8 Å². The average molecular weight is 387 g/mol. The number of nitrogens with zero attached hydrogens (tertiary/aromatic N) is 1. The lowest BCUT2D eigenvalue weighted by molar-refractivity contribution is -0.141. The van der Waals surface area contributed by atoms with Crippen LogP contribution in [0.3, 0.4) is 0 Å². The molecule has 1 N–H and O–H groups in total. The summed E-state index contributed by atoms with van der Waals surface area (Å²) >= 11 is 12.1. The number of nitrogens with one attached hydrogen (secondary N) is 1. The average Bonchev–Trinajstić information content (AvgIpc) is 2.57. The minimum absolute atomic E-state index is 0.0280. The van der Waals surface area contributed by atoms with Gasteiger partial charge in [0.05, 0.1) is 10.0 Å². The van der Waals surface area contributed by atoms with Gasteiger partial charge in [-0.1, -0.05) is 50.0 Å². The van der Waals surface area contributed by atoms with E-state index in [0.29, 0.717) is 29.4 Å². The molecule has 2 amide bonds. The molecule has 1 aromatic carbocycles. The van der Waals surface area contributed by atoms with Crippen molar-refractivity contribution in [1.29, 1.82) is 0 Å². The second-order valence-electron chi connectivity index (χ2n) is 6.26. The Hall–Kier alpha value is -1.26. The molecule has 2 atom stereocenters. The second-order valence-corrected chi connectivity index (χ2v) is 7.08. The van der Waals surface area contributed by atoms with Gasteiger partial charge < -0.3 is 10.2 Å². The van der Waals surface area contributed by atoms with Crippen molar-refractivity contribution in [1.82, 2.24) is 10.2 Å². The van der Waals surface area contributed by atoms with Gasteiger partial charge in [0.15, 0.2) is 0 Å². The fourth-order valence-corrected chi connectivity index (χ4v) is 2.87. The van der Waals surface area contributed by atoms with E-state index in [0.717, 1.165) is 18.4 Å². The number of rotatable bonds is 9. The summed E-state index contributed by atoms with van der Waals surface area (Å²) in [6, 6.07) is 4.87. The highest BCUT2D eigenvalue weighted by atomic mass is 35.5. The van der Waals surface area contributed by atoms with E-state index in [1.54, 1.807) is 17.0 Å². The predicted octanol–water partition coefficient (Wildman–Crippen LogP) is 4.82. The summed E-state index contributed by atoms with van der Waals surface area (Å²) in [5.74, 6) is -0.138. The number of amides is 2. The van der Waals surface area contributed by atoms with Gasteiger partial charge in [-0.15, -0.1) is 0 Å². The van der Waals surface area contributed by atoms with Crippen LogP contribution in [-0.2, 0) is 16.1 Å². The van der Waals surface area contributed by atoms with Crippen LogP contribution in [0.15, 0.2) is 18.2 Å². The molecule has 0 heterocycles. The number of hydrogen-bond donors (Lipinski definition) is 1. The van der Waals surface area contributed by atoms with Crippen LogP contribution in [0, 0.1) is 0 Å². The van der Waals surface area contributed by atoms with E-state index in [4.69, 9.17) is 23.2 Å². The number of halogens is 2. The second kappa shape index (κ2) is 10.7. The first kappa shape index (κ1) is 21.8. The fourth-order valence-electron chi connectivity index (χ4n) is 2.55. The van der Waals surface area contributed by atoms with Gasteiger partial charge in [-0.2, -0.15) is 0 Å². The van der Waals surface area contributed by atoms with Gasteiger partial charge in [0.1, 0.15) is 6.04 Å². The van der Waals surface area contributed by atoms with Crippen molar-refractivity contribution in [2.45, 2.75) is 72.0 Å². The maximum atomic E-state index is 12.7. The Balaban J connectivity index is 3.05. The summed E-state index contributed by atoms with van der Waals surface area (Å²) in [7, 11) is 0. The van der Waals surface area contributed by atoms with Gasteiger partial charge in [-0.25, -0.2) is 0 Å². The maximum absolute atomic E-state index is 12.7. The summed E-state index contributed by atoms with van der Waals surface area (Å²) in [5.41, 5.74) is 0.855. The van der Waals surface area contributed by atoms with Gasteiger partial charge in [0.25, 0.3) is 0 Å². The summed E-state index contributed by atoms with van der Waals surface area (Å²) in [4.78, 5) is 27.0. The fraction of sp³-hybridized carbons (Fsp3) is 0.579. The Labute approximate surface area is 160 Å². The van der Waals surface area contributed by atoms with E-state index in [1.807, 2.05) is 33.8 Å². The molecule has 0 saturated carbocycles. The summed E-state index contributed by atoms with van der Waals surface area (Å²) < 4.78 is 0. The van der Waals surface area contributed by atoms with Crippen LogP contribution in [0.4, 0.5) is 0 Å². The molecule has 0 aliphatic heterocycles. The number of carbonyl (C=O) groups excluding carboxylic acids is 2. The third kappa shape index (κ3) is 6.52. The molecule has 0 fully saturated rings. The minimum atomic E-state index is -0.498. The van der Waals surface area contributed by atoms with Crippen molar-refractivity contribution >= 4 is 35.0 Å². The molecule has 6 heteroatoms. The van der Waals surface area contributed by atoms with Gasteiger partial charge in [0, 0.05) is 19.0 Å². The van der Waals surface area contributed by atoms with Gasteiger partial charge >= 0.3 is 0 Å². The van der Waals surface area contributed by atoms with E-state index in [2.05, 4.69) is 5.32 Å². The third-order valence-corrected chi connectivity index (χ3v) is 4.93. The third-order valence-electron chi connectivity index (χ3n) is 4.19. The topological polar surface area (TPSA) is 49.4 Å². The normalized spacial score (nSPS) is 13.2. The monoisotopic (exact) mass is 386 g/mol. The van der Waals surface area contributed by atoms with Crippen molar-refractivity contribution in [3.8, 4) is 0 Å². The van der Waals surface area contributed by atoms with Crippen LogP contribution in [-0.4, -0.2) is 28.8 Å². The van der Waals surface area contributed by atoms with Crippen molar-refractivity contribution in [2.75, 3.05) is 0 Å². The Kier molecular flexibility index (Phi) is 9.30. The SMILES string of the molecule is CCCC(=O)N(Cc1ccc(Cl)c(Cl)c1)[C@@H](CC)C(=O)N[C@@H](C)CC. The summed E-state index contributed by atoms with van der Waals surface area (Å²) in [6.45, 7) is 8.18. The molecule has 1 rings (SSSR count). The Morgan fingerprint density at radius 2 is 1.80 bits per heavy atom. The number of hydrogen-bond acceptors (Lipinski definition) is 2. The summed E-state index contributed by atoms with van der Waals surface area (Å²) in [5, 5.41) is 3.90. The molecule has 4 nitrogen and oxygen atoms in total. The van der Waals surface area contributed by atoms with Crippen molar-refractivity contribution < 1.29 is 9.59 Å². The predicted molar refractivity (Wildman–Crippen MR) is 104 cm³/mol. The van der Waals surface area contributed by atoms with Crippen LogP contribution in [0.25, 0.3) is 0 Å². The van der Waals surface area contributed by atoms with Gasteiger partial charge in [-0.3, -0.25) is 9.59 Å². The quantitative estimate of drug-likeness (QED) is 0.661. The molecule has 0 radical (unpaired) electrons. The van der Waals surface area contributed by atoms with E-state index in [1.165, 1.54) is 0 Å². The molecule has 25 heavy (non-hydrogen) atoms. The molecule has 0 bridgehead atoms. The highest BCUT2D eigenvalue weighted by Crippen LogP contribution is 2.24. The molecule has 0 saturated heterocycles. The molecular weight excluding hydrogens is 359 g/mol. The smallest absolute Gasteiger partial charge is 0.243 e. The Morgan fingerprint density at radius 3 is 2.32 bits per heavy atom. The van der Waals surface area contributed by atoms with Crippen molar-refractivity contribution in [3.05, 3.63) is 33.8 Å². The van der Waals surface area contributed by atoms with E-state index < -0.39 is 6.04 Å². The first-order valence-electron chi connectivity index (χ1n) is 8.87. The molecule has 0 unspecified atom stereocenters. The molecule has 0 aliphatic carbocycles. The lowest BCUT2D eigenvalue weighted by Gasteiger charge is -2.31. The first-order chi connectivity index (χ1) is 11.8. The first-order valence-corrected chi connectivity index (χ1v) is 9.63. The Bertz CT molecular complexity index is 593. The van der Waals surface area contributed by atoms with Crippen molar-refractivity contribution in [3.63, 3.8) is 0 Å². The molecule has 0 aliphatic rings. The number of carbonyl (C=O) groups is 2. The zero-order valence-electron chi connectivity index (χ0n) is 15.4. The zero-order chi connectivity index (χ0) is 19.0. The van der Waals surface area contributed by atoms with Crippen molar-refractivity contribution in [2.24, 2.45) is 0 Å². The maximum Gasteiger partial charge on any atom is 0.243 e. The lowest BCUT2D eigenvalue weighted by Crippen LogP contribution is -2.50. The lowest BCUT2D eigenvalue weighted by atomic mass is 10.1. The van der Waals surface area contributed by atoms with Crippen LogP contribution in [0.5, 0.6) is 0 Å². The van der Waals surface area contributed by atoms with Crippen LogP contribution in [0.1, 0.15) is 58.9 Å². The van der Waals surface area contributed by atoms with Crippen LogP contribution < -0.4 is 5.32 Å². The zero-order valence-corrected chi connectivity index (χ0v) is 17.0. The Morgan fingerprint density at radius 1 is 1.12 bits per heavy atom. The molecule has 0 aromatic heterocycles. The van der Waals surface area contributed by atoms with Crippen LogP contribution in [0.2, 0.25) is 10.0 Å². The van der Waals surface area contributed by atoms with E-state index in [9.17, 15) is 9.59 Å². The molecule has 1 aromatic rings. The molecular formula is C19H28Cl2N2O2.